The number of aryl methyl sites for hydroxylation is 2. The molecule has 2 fully saturated rings. The fraction of sp³-hybridized carbons (Fsp3) is 0.562. The molecule has 3 nitrogen and oxygen atoms in total. The maximum atomic E-state index is 12.4. The molecule has 3 heteroatoms. The van der Waals surface area contributed by atoms with E-state index in [1.807, 2.05) is 0 Å². The molecule has 1 atom stereocenters. The van der Waals surface area contributed by atoms with E-state index < -0.39 is 0 Å². The molecule has 1 unspecified atom stereocenters. The summed E-state index contributed by atoms with van der Waals surface area (Å²) in [6.45, 7) is 6.99. The van der Waals surface area contributed by atoms with Crippen molar-refractivity contribution in [2.75, 3.05) is 19.6 Å². The van der Waals surface area contributed by atoms with Crippen LogP contribution in [0.15, 0.2) is 18.2 Å². The minimum atomic E-state index is -0.175. The lowest BCUT2D eigenvalue weighted by Gasteiger charge is -2.37. The molecule has 0 saturated carbocycles. The number of rotatable bonds is 1. The van der Waals surface area contributed by atoms with Crippen LogP contribution < -0.4 is 10.6 Å². The maximum Gasteiger partial charge on any atom is 0.227 e. The minimum Gasteiger partial charge on any atom is -0.355 e. The first-order valence-corrected chi connectivity index (χ1v) is 7.20. The summed E-state index contributed by atoms with van der Waals surface area (Å²) in [5.74, 6) is 0.599. The Bertz CT molecular complexity index is 503. The molecule has 0 aromatic heterocycles. The first-order chi connectivity index (χ1) is 9.13. The van der Waals surface area contributed by atoms with Crippen LogP contribution in [-0.2, 0) is 4.79 Å². The molecule has 0 aliphatic carbocycles. The van der Waals surface area contributed by atoms with Crippen molar-refractivity contribution in [2.45, 2.75) is 32.6 Å². The van der Waals surface area contributed by atoms with Crippen LogP contribution in [0.1, 0.15) is 35.4 Å². The van der Waals surface area contributed by atoms with Gasteiger partial charge in [-0.15, -0.1) is 0 Å². The number of hydrogen-bond acceptors (Lipinski definition) is 2. The summed E-state index contributed by atoms with van der Waals surface area (Å²) in [6, 6.07) is 6.62. The molecule has 1 aromatic carbocycles. The topological polar surface area (TPSA) is 41.1 Å². The van der Waals surface area contributed by atoms with Gasteiger partial charge in [-0.1, -0.05) is 23.8 Å². The van der Waals surface area contributed by atoms with Crippen molar-refractivity contribution in [2.24, 2.45) is 5.41 Å². The Kier molecular flexibility index (Phi) is 3.09. The van der Waals surface area contributed by atoms with E-state index in [0.29, 0.717) is 5.92 Å². The van der Waals surface area contributed by atoms with Gasteiger partial charge in [0.1, 0.15) is 0 Å². The van der Waals surface area contributed by atoms with E-state index in [4.69, 9.17) is 0 Å². The predicted molar refractivity (Wildman–Crippen MR) is 76.2 cm³/mol. The molecule has 2 saturated heterocycles. The van der Waals surface area contributed by atoms with Gasteiger partial charge in [-0.2, -0.15) is 0 Å². The van der Waals surface area contributed by atoms with Gasteiger partial charge >= 0.3 is 0 Å². The lowest BCUT2D eigenvalue weighted by Crippen LogP contribution is -2.44. The highest BCUT2D eigenvalue weighted by atomic mass is 16.2. The van der Waals surface area contributed by atoms with Crippen LogP contribution in [0, 0.1) is 19.3 Å². The summed E-state index contributed by atoms with van der Waals surface area (Å²) in [6.07, 6.45) is 1.91. The Morgan fingerprint density at radius 1 is 1.21 bits per heavy atom. The number of hydrogen-bond donors (Lipinski definition) is 2. The first-order valence-electron chi connectivity index (χ1n) is 7.20. The Hall–Kier alpha value is -1.35. The highest BCUT2D eigenvalue weighted by Gasteiger charge is 2.51. The summed E-state index contributed by atoms with van der Waals surface area (Å²) in [4.78, 5) is 12.4. The van der Waals surface area contributed by atoms with E-state index in [9.17, 15) is 4.79 Å². The van der Waals surface area contributed by atoms with Crippen LogP contribution in [0.5, 0.6) is 0 Å². The smallest absolute Gasteiger partial charge is 0.227 e. The first kappa shape index (κ1) is 12.7. The zero-order chi connectivity index (χ0) is 13.5. The van der Waals surface area contributed by atoms with Crippen LogP contribution >= 0.6 is 0 Å². The fourth-order valence-corrected chi connectivity index (χ4v) is 3.80. The molecule has 2 N–H and O–H groups in total. The molecule has 1 aromatic rings. The van der Waals surface area contributed by atoms with Crippen molar-refractivity contribution in [3.8, 4) is 0 Å². The maximum absolute atomic E-state index is 12.4. The van der Waals surface area contributed by atoms with Gasteiger partial charge in [-0.25, -0.2) is 0 Å². The minimum absolute atomic E-state index is 0.175. The van der Waals surface area contributed by atoms with Gasteiger partial charge in [0.05, 0.1) is 5.41 Å². The molecule has 2 heterocycles. The molecular weight excluding hydrogens is 236 g/mol. The van der Waals surface area contributed by atoms with Gasteiger partial charge in [0.2, 0.25) is 5.91 Å². The van der Waals surface area contributed by atoms with Crippen molar-refractivity contribution in [1.82, 2.24) is 10.6 Å². The molecule has 0 bridgehead atoms. The third-order valence-corrected chi connectivity index (χ3v) is 4.88. The molecule has 102 valence electrons. The average Bonchev–Trinajstić information content (AvgIpc) is 2.69. The quantitative estimate of drug-likeness (QED) is 0.807. The van der Waals surface area contributed by atoms with E-state index in [0.717, 1.165) is 32.5 Å². The Balaban J connectivity index is 2.01. The highest BCUT2D eigenvalue weighted by Crippen LogP contribution is 2.47. The lowest BCUT2D eigenvalue weighted by atomic mass is 9.67. The summed E-state index contributed by atoms with van der Waals surface area (Å²) >= 11 is 0. The van der Waals surface area contributed by atoms with Crippen LogP contribution in [0.4, 0.5) is 0 Å². The van der Waals surface area contributed by atoms with Gasteiger partial charge < -0.3 is 10.6 Å². The zero-order valence-corrected chi connectivity index (χ0v) is 11.8. The standard InChI is InChI=1S/C16H22N2O/c1-11-3-4-13(12(2)9-11)14-10-18-15(19)16(14)5-7-17-8-6-16/h3-4,9,14,17H,5-8,10H2,1-2H3,(H,18,19). The van der Waals surface area contributed by atoms with Crippen LogP contribution in [0.25, 0.3) is 0 Å². The van der Waals surface area contributed by atoms with Crippen LogP contribution in [-0.4, -0.2) is 25.5 Å². The molecule has 3 rings (SSSR count). The molecule has 0 radical (unpaired) electrons. The second-order valence-electron chi connectivity index (χ2n) is 6.03. The van der Waals surface area contributed by atoms with Crippen LogP contribution in [0.3, 0.4) is 0 Å². The van der Waals surface area contributed by atoms with Crippen molar-refractivity contribution < 1.29 is 4.79 Å². The lowest BCUT2D eigenvalue weighted by molar-refractivity contribution is -0.129. The van der Waals surface area contributed by atoms with E-state index in [-0.39, 0.29) is 11.3 Å². The Morgan fingerprint density at radius 3 is 2.63 bits per heavy atom. The predicted octanol–water partition coefficient (Wildman–Crippen LogP) is 1.89. The molecule has 2 aliphatic rings. The largest absolute Gasteiger partial charge is 0.355 e. The van der Waals surface area contributed by atoms with Crippen LogP contribution in [0.2, 0.25) is 0 Å². The summed E-state index contributed by atoms with van der Waals surface area (Å²) < 4.78 is 0. The number of carbonyl (C=O) groups excluding carboxylic acids is 1. The van der Waals surface area contributed by atoms with Crippen molar-refractivity contribution in [1.29, 1.82) is 0 Å². The third kappa shape index (κ3) is 1.96. The summed E-state index contributed by atoms with van der Waals surface area (Å²) in [7, 11) is 0. The zero-order valence-electron chi connectivity index (χ0n) is 11.8. The van der Waals surface area contributed by atoms with E-state index >= 15 is 0 Å². The van der Waals surface area contributed by atoms with E-state index in [2.05, 4.69) is 42.7 Å². The van der Waals surface area contributed by atoms with E-state index in [1.54, 1.807) is 0 Å². The second kappa shape index (κ2) is 4.64. The molecule has 2 aliphatic heterocycles. The average molecular weight is 258 g/mol. The summed E-state index contributed by atoms with van der Waals surface area (Å²) in [5.41, 5.74) is 3.79. The van der Waals surface area contributed by atoms with Crippen molar-refractivity contribution in [3.05, 3.63) is 34.9 Å². The van der Waals surface area contributed by atoms with Gasteiger partial charge in [0, 0.05) is 12.5 Å². The molecule has 19 heavy (non-hydrogen) atoms. The molecule has 1 spiro atoms. The number of benzene rings is 1. The Morgan fingerprint density at radius 2 is 1.95 bits per heavy atom. The molecule has 1 amide bonds. The van der Waals surface area contributed by atoms with Gasteiger partial charge in [0.15, 0.2) is 0 Å². The second-order valence-corrected chi connectivity index (χ2v) is 6.03. The highest BCUT2D eigenvalue weighted by molar-refractivity contribution is 5.86. The van der Waals surface area contributed by atoms with Gasteiger partial charge in [-0.3, -0.25) is 4.79 Å². The monoisotopic (exact) mass is 258 g/mol. The van der Waals surface area contributed by atoms with Gasteiger partial charge in [-0.05, 0) is 50.9 Å². The summed E-state index contributed by atoms with van der Waals surface area (Å²) in [5, 5.41) is 6.48. The number of carbonyl (C=O) groups is 1. The fourth-order valence-electron chi connectivity index (χ4n) is 3.80. The number of nitrogens with one attached hydrogen (secondary N) is 2. The Labute approximate surface area is 114 Å². The SMILES string of the molecule is Cc1ccc(C2CNC(=O)C23CCNCC3)c(C)c1. The van der Waals surface area contributed by atoms with Crippen molar-refractivity contribution >= 4 is 5.91 Å². The normalized spacial score (nSPS) is 25.6. The third-order valence-electron chi connectivity index (χ3n) is 4.88. The van der Waals surface area contributed by atoms with Gasteiger partial charge in [0.25, 0.3) is 0 Å². The number of amides is 1. The number of piperidine rings is 1. The van der Waals surface area contributed by atoms with E-state index in [1.165, 1.54) is 16.7 Å². The van der Waals surface area contributed by atoms with Crippen molar-refractivity contribution in [3.63, 3.8) is 0 Å². The molecular formula is C16H22N2O.